The van der Waals surface area contributed by atoms with E-state index < -0.39 is 6.10 Å². The molecule has 7 nitrogen and oxygen atoms in total. The van der Waals surface area contributed by atoms with Gasteiger partial charge in [-0.3, -0.25) is 9.59 Å². The van der Waals surface area contributed by atoms with Gasteiger partial charge in [0.1, 0.15) is 18.3 Å². The Balaban J connectivity index is 1.56. The van der Waals surface area contributed by atoms with E-state index in [1.807, 2.05) is 6.92 Å². The molecule has 0 aliphatic carbocycles. The normalized spacial score (nSPS) is 33.8. The first-order chi connectivity index (χ1) is 14.6. The number of hydrogen-bond donors (Lipinski definition) is 1. The topological polar surface area (TPSA) is 99.1 Å². The molecule has 3 aliphatic rings. The fourth-order valence-electron chi connectivity index (χ4n) is 5.05. The third kappa shape index (κ3) is 6.55. The molecule has 7 atom stereocenters. The molecule has 2 saturated heterocycles. The van der Waals surface area contributed by atoms with Gasteiger partial charge in [-0.15, -0.1) is 0 Å². The van der Waals surface area contributed by atoms with Crippen LogP contribution in [0.1, 0.15) is 72.6 Å². The molecule has 1 N–H and O–H groups in total. The predicted octanol–water partition coefficient (Wildman–Crippen LogP) is 3.33. The lowest BCUT2D eigenvalue weighted by atomic mass is 9.80. The van der Waals surface area contributed by atoms with Gasteiger partial charge in [0.25, 0.3) is 0 Å². The summed E-state index contributed by atoms with van der Waals surface area (Å²) in [5, 5.41) is 9.87. The Labute approximate surface area is 184 Å². The Morgan fingerprint density at radius 2 is 1.55 bits per heavy atom. The van der Waals surface area contributed by atoms with Crippen molar-refractivity contribution in [2.45, 2.75) is 97.1 Å². The van der Waals surface area contributed by atoms with Crippen LogP contribution in [0.25, 0.3) is 0 Å². The smallest absolute Gasteiger partial charge is 0.330 e. The molecule has 0 saturated carbocycles. The zero-order valence-corrected chi connectivity index (χ0v) is 19.0. The first kappa shape index (κ1) is 23.8. The largest absolute Gasteiger partial charge is 0.462 e. The molecule has 0 aromatic rings. The average molecular weight is 437 g/mol. The number of aliphatic hydroxyl groups is 1. The molecule has 0 aromatic heterocycles. The highest BCUT2D eigenvalue weighted by Gasteiger charge is 2.36. The van der Waals surface area contributed by atoms with Crippen LogP contribution in [0.4, 0.5) is 0 Å². The molecule has 0 radical (unpaired) electrons. The first-order valence-electron chi connectivity index (χ1n) is 11.6. The molecular formula is C24H36O7. The van der Waals surface area contributed by atoms with Gasteiger partial charge in [0.15, 0.2) is 0 Å². The molecule has 0 aromatic carbocycles. The molecule has 2 fully saturated rings. The Kier molecular flexibility index (Phi) is 7.78. The van der Waals surface area contributed by atoms with Gasteiger partial charge in [-0.2, -0.15) is 0 Å². The van der Waals surface area contributed by atoms with E-state index in [9.17, 15) is 19.5 Å². The van der Waals surface area contributed by atoms with Crippen molar-refractivity contribution >= 4 is 17.9 Å². The number of carbonyl (C=O) groups is 3. The third-order valence-corrected chi connectivity index (χ3v) is 6.85. The fourth-order valence-corrected chi connectivity index (χ4v) is 5.05. The first-order valence-corrected chi connectivity index (χ1v) is 11.6. The molecule has 0 amide bonds. The van der Waals surface area contributed by atoms with Crippen LogP contribution in [0.2, 0.25) is 0 Å². The number of rotatable bonds is 7. The van der Waals surface area contributed by atoms with Crippen molar-refractivity contribution in [1.82, 2.24) is 0 Å². The van der Waals surface area contributed by atoms with Crippen molar-refractivity contribution in [3.63, 3.8) is 0 Å². The highest BCUT2D eigenvalue weighted by atomic mass is 16.6. The monoisotopic (exact) mass is 436 g/mol. The Bertz CT molecular complexity index is 713. The third-order valence-electron chi connectivity index (χ3n) is 6.85. The summed E-state index contributed by atoms with van der Waals surface area (Å²) in [4.78, 5) is 35.9. The van der Waals surface area contributed by atoms with Crippen molar-refractivity contribution in [3.8, 4) is 0 Å². The summed E-state index contributed by atoms with van der Waals surface area (Å²) in [5.74, 6) is -0.190. The number of cyclic esters (lactones) is 3. The van der Waals surface area contributed by atoms with Gasteiger partial charge in [0, 0.05) is 25.3 Å². The summed E-state index contributed by atoms with van der Waals surface area (Å²) in [6.07, 6.45) is 4.09. The quantitative estimate of drug-likeness (QED) is 0.483. The van der Waals surface area contributed by atoms with E-state index in [1.165, 1.54) is 0 Å². The van der Waals surface area contributed by atoms with E-state index in [1.54, 1.807) is 6.08 Å². The van der Waals surface area contributed by atoms with Crippen molar-refractivity contribution < 1.29 is 33.7 Å². The number of hydrogen-bond acceptors (Lipinski definition) is 7. The van der Waals surface area contributed by atoms with Crippen LogP contribution in [0.3, 0.4) is 0 Å². The summed E-state index contributed by atoms with van der Waals surface area (Å²) < 4.78 is 16.5. The second-order valence-corrected chi connectivity index (χ2v) is 10.1. The van der Waals surface area contributed by atoms with Crippen molar-refractivity contribution in [2.75, 3.05) is 0 Å². The lowest BCUT2D eigenvalue weighted by Gasteiger charge is -2.35. The minimum atomic E-state index is -0.663. The van der Waals surface area contributed by atoms with Gasteiger partial charge in [-0.1, -0.05) is 33.3 Å². The molecule has 0 spiro atoms. The van der Waals surface area contributed by atoms with Crippen molar-refractivity contribution in [1.29, 1.82) is 0 Å². The van der Waals surface area contributed by atoms with Gasteiger partial charge >= 0.3 is 17.9 Å². The lowest BCUT2D eigenvalue weighted by molar-refractivity contribution is -0.163. The van der Waals surface area contributed by atoms with Crippen molar-refractivity contribution in [2.24, 2.45) is 23.7 Å². The molecular weight excluding hydrogens is 400 g/mol. The van der Waals surface area contributed by atoms with Crippen LogP contribution in [-0.4, -0.2) is 47.4 Å². The van der Waals surface area contributed by atoms with E-state index in [4.69, 9.17) is 14.2 Å². The van der Waals surface area contributed by atoms with Gasteiger partial charge < -0.3 is 19.3 Å². The summed E-state index contributed by atoms with van der Waals surface area (Å²) in [7, 11) is 0. The zero-order valence-electron chi connectivity index (χ0n) is 19.0. The minimum absolute atomic E-state index is 0.00641. The van der Waals surface area contributed by atoms with Crippen LogP contribution >= 0.6 is 0 Å². The number of aliphatic hydroxyl groups excluding tert-OH is 1. The number of carbonyl (C=O) groups excluding carboxylic acids is 3. The van der Waals surface area contributed by atoms with Gasteiger partial charge in [0.05, 0.1) is 12.5 Å². The lowest BCUT2D eigenvalue weighted by Crippen LogP contribution is -2.37. The maximum atomic E-state index is 12.2. The Morgan fingerprint density at radius 1 is 0.871 bits per heavy atom. The van der Waals surface area contributed by atoms with Crippen LogP contribution in [-0.2, 0) is 28.6 Å². The Morgan fingerprint density at radius 3 is 2.23 bits per heavy atom. The van der Waals surface area contributed by atoms with Gasteiger partial charge in [0.2, 0.25) is 0 Å². The number of ether oxygens (including phenoxy) is 3. The van der Waals surface area contributed by atoms with Crippen LogP contribution < -0.4 is 0 Å². The fraction of sp³-hybridized carbons (Fsp3) is 0.792. The van der Waals surface area contributed by atoms with Crippen LogP contribution in [0.5, 0.6) is 0 Å². The SMILES string of the molecule is CC(C)C1CC(CC(C)C2CC(CC(C)C3CC(O)CC(=O)O3)=CC(=O)O2)CC(=O)O1. The second-order valence-electron chi connectivity index (χ2n) is 10.1. The standard InChI is InChI=1S/C24H36O7/c1-13(2)19-7-16(9-22(26)29-19)5-14(3)20-8-17(10-23(27)30-20)6-15(4)21-11-18(25)12-24(28)31-21/h10,13-16,18-21,25H,5-9,11-12H2,1-4H3. The zero-order chi connectivity index (χ0) is 22.7. The molecule has 7 unspecified atom stereocenters. The molecule has 3 rings (SSSR count). The predicted molar refractivity (Wildman–Crippen MR) is 113 cm³/mol. The highest BCUT2D eigenvalue weighted by Crippen LogP contribution is 2.35. The van der Waals surface area contributed by atoms with Crippen molar-refractivity contribution in [3.05, 3.63) is 11.6 Å². The van der Waals surface area contributed by atoms with Gasteiger partial charge in [-0.25, -0.2) is 4.79 Å². The highest BCUT2D eigenvalue weighted by molar-refractivity contribution is 5.84. The molecule has 0 bridgehead atoms. The van der Waals surface area contributed by atoms with E-state index >= 15 is 0 Å². The second kappa shape index (κ2) is 10.2. The van der Waals surface area contributed by atoms with Gasteiger partial charge in [-0.05, 0) is 42.9 Å². The summed E-state index contributed by atoms with van der Waals surface area (Å²) >= 11 is 0. The molecule has 31 heavy (non-hydrogen) atoms. The van der Waals surface area contributed by atoms with E-state index in [0.717, 1.165) is 18.4 Å². The van der Waals surface area contributed by atoms with Crippen LogP contribution in [0, 0.1) is 23.7 Å². The summed E-state index contributed by atoms with van der Waals surface area (Å²) in [6.45, 7) is 8.18. The van der Waals surface area contributed by atoms with E-state index in [2.05, 4.69) is 20.8 Å². The van der Waals surface area contributed by atoms with E-state index in [0.29, 0.717) is 25.7 Å². The molecule has 7 heteroatoms. The average Bonchev–Trinajstić information content (AvgIpc) is 2.66. The molecule has 174 valence electrons. The van der Waals surface area contributed by atoms with E-state index in [-0.39, 0.29) is 66.3 Å². The minimum Gasteiger partial charge on any atom is -0.462 e. The maximum absolute atomic E-state index is 12.2. The summed E-state index contributed by atoms with van der Waals surface area (Å²) in [5.41, 5.74) is 0.986. The maximum Gasteiger partial charge on any atom is 0.330 e. The number of esters is 3. The summed E-state index contributed by atoms with van der Waals surface area (Å²) in [6, 6.07) is 0. The molecule has 3 aliphatic heterocycles. The Hall–Kier alpha value is -1.89. The van der Waals surface area contributed by atoms with Crippen LogP contribution in [0.15, 0.2) is 11.6 Å². The molecule has 3 heterocycles.